The molecule has 2 aromatic rings. The monoisotopic (exact) mass is 398 g/mol. The van der Waals surface area contributed by atoms with E-state index < -0.39 is 11.9 Å². The van der Waals surface area contributed by atoms with Crippen LogP contribution in [0.1, 0.15) is 63.8 Å². The van der Waals surface area contributed by atoms with Crippen LogP contribution in [0.15, 0.2) is 24.3 Å². The first-order valence-corrected chi connectivity index (χ1v) is 9.88. The first-order chi connectivity index (χ1) is 14.0. The summed E-state index contributed by atoms with van der Waals surface area (Å²) in [5.41, 5.74) is 1.86. The van der Waals surface area contributed by atoms with E-state index >= 15 is 0 Å². The Kier molecular flexibility index (Phi) is 6.31. The summed E-state index contributed by atoms with van der Waals surface area (Å²) < 4.78 is 6.60. The molecule has 2 amide bonds. The number of amides is 2. The number of nitrogens with zero attached hydrogens (tertiary/aromatic N) is 3. The fourth-order valence-electron chi connectivity index (χ4n) is 3.57. The summed E-state index contributed by atoms with van der Waals surface area (Å²) in [6.45, 7) is 5.68. The van der Waals surface area contributed by atoms with Gasteiger partial charge in [-0.2, -0.15) is 0 Å². The number of hydrogen-bond acceptors (Lipinski definition) is 5. The molecule has 29 heavy (non-hydrogen) atoms. The van der Waals surface area contributed by atoms with Crippen molar-refractivity contribution in [2.24, 2.45) is 0 Å². The third-order valence-electron chi connectivity index (χ3n) is 5.12. The second-order valence-corrected chi connectivity index (χ2v) is 6.84. The van der Waals surface area contributed by atoms with E-state index in [4.69, 9.17) is 4.74 Å². The predicted molar refractivity (Wildman–Crippen MR) is 108 cm³/mol. The zero-order valence-corrected chi connectivity index (χ0v) is 17.0. The Morgan fingerprint density at radius 3 is 2.66 bits per heavy atom. The minimum atomic E-state index is -0.479. The number of imidazole rings is 1. The lowest BCUT2D eigenvalue weighted by atomic mass is 10.1. The summed E-state index contributed by atoms with van der Waals surface area (Å²) in [7, 11) is 1.30. The molecule has 0 fully saturated rings. The fraction of sp³-hybridized carbons (Fsp3) is 0.429. The highest BCUT2D eigenvalue weighted by atomic mass is 16.5. The molecule has 0 unspecified atom stereocenters. The second-order valence-electron chi connectivity index (χ2n) is 6.84. The van der Waals surface area contributed by atoms with Crippen LogP contribution in [0.3, 0.4) is 0 Å². The minimum Gasteiger partial charge on any atom is -0.465 e. The number of carbonyl (C=O) groups excluding carboxylic acids is 3. The Labute approximate surface area is 169 Å². The van der Waals surface area contributed by atoms with Crippen LogP contribution in [-0.2, 0) is 17.7 Å². The number of aromatic nitrogens is 2. The molecule has 8 nitrogen and oxygen atoms in total. The van der Waals surface area contributed by atoms with Gasteiger partial charge in [0, 0.05) is 25.3 Å². The summed E-state index contributed by atoms with van der Waals surface area (Å²) in [6, 6.07) is 6.52. The van der Waals surface area contributed by atoms with Crippen molar-refractivity contribution in [3.05, 3.63) is 47.0 Å². The van der Waals surface area contributed by atoms with Crippen molar-refractivity contribution in [2.75, 3.05) is 25.5 Å². The normalized spacial score (nSPS) is 12.8. The SMILES string of the molecule is CCN(CC)C(=O)c1nc(C(=O)Nc2cccc(C(=O)OC)c2)c2n1CCCC2. The zero-order chi connectivity index (χ0) is 21.0. The van der Waals surface area contributed by atoms with E-state index in [1.54, 1.807) is 29.2 Å². The standard InChI is InChI=1S/C21H26N4O4/c1-4-24(5-2)20(27)18-23-17(16-11-6-7-12-25(16)18)19(26)22-15-10-8-9-14(13-15)21(28)29-3/h8-10,13H,4-7,11-12H2,1-3H3,(H,22,26). The summed E-state index contributed by atoms with van der Waals surface area (Å²) >= 11 is 0. The first kappa shape index (κ1) is 20.6. The molecule has 1 aliphatic rings. The largest absolute Gasteiger partial charge is 0.465 e. The maximum Gasteiger partial charge on any atom is 0.337 e. The van der Waals surface area contributed by atoms with Gasteiger partial charge in [-0.05, 0) is 51.3 Å². The third-order valence-corrected chi connectivity index (χ3v) is 5.12. The molecule has 8 heteroatoms. The fourth-order valence-corrected chi connectivity index (χ4v) is 3.57. The van der Waals surface area contributed by atoms with Gasteiger partial charge in [0.2, 0.25) is 0 Å². The van der Waals surface area contributed by atoms with Crippen LogP contribution in [0.5, 0.6) is 0 Å². The van der Waals surface area contributed by atoms with E-state index in [9.17, 15) is 14.4 Å². The lowest BCUT2D eigenvalue weighted by Crippen LogP contribution is -2.33. The summed E-state index contributed by atoms with van der Waals surface area (Å²) in [4.78, 5) is 43.7. The Bertz CT molecular complexity index is 931. The molecule has 1 aromatic heterocycles. The molecule has 0 saturated carbocycles. The zero-order valence-electron chi connectivity index (χ0n) is 17.0. The number of rotatable bonds is 6. The predicted octanol–water partition coefficient (Wildman–Crippen LogP) is 2.74. The highest BCUT2D eigenvalue weighted by Gasteiger charge is 2.29. The molecule has 3 rings (SSSR count). The number of hydrogen-bond donors (Lipinski definition) is 1. The van der Waals surface area contributed by atoms with Gasteiger partial charge in [-0.25, -0.2) is 9.78 Å². The summed E-state index contributed by atoms with van der Waals surface area (Å²) in [5.74, 6) is -0.717. The maximum atomic E-state index is 13.0. The lowest BCUT2D eigenvalue weighted by Gasteiger charge is -2.21. The molecule has 1 aliphatic heterocycles. The van der Waals surface area contributed by atoms with Gasteiger partial charge in [0.1, 0.15) is 0 Å². The number of nitrogens with one attached hydrogen (secondary N) is 1. The van der Waals surface area contributed by atoms with Crippen LogP contribution in [0.2, 0.25) is 0 Å². The van der Waals surface area contributed by atoms with E-state index in [-0.39, 0.29) is 11.6 Å². The Morgan fingerprint density at radius 1 is 1.21 bits per heavy atom. The molecule has 0 bridgehead atoms. The van der Waals surface area contributed by atoms with Crippen molar-refractivity contribution in [3.63, 3.8) is 0 Å². The average Bonchev–Trinajstić information content (AvgIpc) is 3.14. The van der Waals surface area contributed by atoms with Crippen molar-refractivity contribution in [1.29, 1.82) is 0 Å². The quantitative estimate of drug-likeness (QED) is 0.755. The molecule has 0 aliphatic carbocycles. The number of ether oxygens (including phenoxy) is 1. The number of anilines is 1. The van der Waals surface area contributed by atoms with Crippen molar-refractivity contribution >= 4 is 23.5 Å². The number of methoxy groups -OCH3 is 1. The van der Waals surface area contributed by atoms with Gasteiger partial charge in [0.25, 0.3) is 11.8 Å². The summed E-state index contributed by atoms with van der Waals surface area (Å²) in [6.07, 6.45) is 2.59. The van der Waals surface area contributed by atoms with Crippen molar-refractivity contribution in [2.45, 2.75) is 39.7 Å². The van der Waals surface area contributed by atoms with Gasteiger partial charge >= 0.3 is 5.97 Å². The van der Waals surface area contributed by atoms with E-state index in [1.807, 2.05) is 18.4 Å². The number of benzene rings is 1. The van der Waals surface area contributed by atoms with Gasteiger partial charge in [0.05, 0.1) is 18.4 Å². The Hall–Kier alpha value is -3.16. The molecular weight excluding hydrogens is 372 g/mol. The molecular formula is C21H26N4O4. The molecule has 154 valence electrons. The van der Waals surface area contributed by atoms with Gasteiger partial charge in [0.15, 0.2) is 11.5 Å². The molecule has 1 aromatic carbocycles. The number of esters is 1. The van der Waals surface area contributed by atoms with Crippen molar-refractivity contribution in [3.8, 4) is 0 Å². The van der Waals surface area contributed by atoms with Crippen molar-refractivity contribution in [1.82, 2.24) is 14.5 Å². The minimum absolute atomic E-state index is 0.162. The third kappa shape index (κ3) is 4.16. The van der Waals surface area contributed by atoms with Crippen LogP contribution < -0.4 is 5.32 Å². The van der Waals surface area contributed by atoms with Crippen LogP contribution in [0.4, 0.5) is 5.69 Å². The number of carbonyl (C=O) groups is 3. The first-order valence-electron chi connectivity index (χ1n) is 9.88. The Balaban J connectivity index is 1.91. The highest BCUT2D eigenvalue weighted by Crippen LogP contribution is 2.23. The average molecular weight is 398 g/mol. The van der Waals surface area contributed by atoms with Crippen LogP contribution in [-0.4, -0.2) is 52.4 Å². The second kappa shape index (κ2) is 8.89. The van der Waals surface area contributed by atoms with E-state index in [2.05, 4.69) is 10.3 Å². The van der Waals surface area contributed by atoms with E-state index in [0.717, 1.165) is 18.5 Å². The molecule has 0 atom stereocenters. The van der Waals surface area contributed by atoms with Gasteiger partial charge in [-0.3, -0.25) is 9.59 Å². The topological polar surface area (TPSA) is 93.5 Å². The smallest absolute Gasteiger partial charge is 0.337 e. The molecule has 1 N–H and O–H groups in total. The van der Waals surface area contributed by atoms with E-state index in [0.29, 0.717) is 43.1 Å². The van der Waals surface area contributed by atoms with Crippen LogP contribution in [0.25, 0.3) is 0 Å². The van der Waals surface area contributed by atoms with Crippen LogP contribution in [0, 0.1) is 0 Å². The number of fused-ring (bicyclic) bond motifs is 1. The lowest BCUT2D eigenvalue weighted by molar-refractivity contribution is 0.0600. The van der Waals surface area contributed by atoms with Crippen LogP contribution >= 0.6 is 0 Å². The van der Waals surface area contributed by atoms with Gasteiger partial charge < -0.3 is 19.5 Å². The molecule has 0 radical (unpaired) electrons. The molecule has 0 spiro atoms. The Morgan fingerprint density at radius 2 is 1.97 bits per heavy atom. The summed E-state index contributed by atoms with van der Waals surface area (Å²) in [5, 5.41) is 2.79. The van der Waals surface area contributed by atoms with Gasteiger partial charge in [-0.1, -0.05) is 6.07 Å². The van der Waals surface area contributed by atoms with Crippen molar-refractivity contribution < 1.29 is 19.1 Å². The highest BCUT2D eigenvalue weighted by molar-refractivity contribution is 6.05. The van der Waals surface area contributed by atoms with E-state index in [1.165, 1.54) is 7.11 Å². The maximum absolute atomic E-state index is 13.0. The molecule has 0 saturated heterocycles. The van der Waals surface area contributed by atoms with Gasteiger partial charge in [-0.15, -0.1) is 0 Å². The molecule has 2 heterocycles.